The number of esters is 1. The van der Waals surface area contributed by atoms with Gasteiger partial charge >= 0.3 is 18.2 Å². The van der Waals surface area contributed by atoms with Gasteiger partial charge in [-0.05, 0) is 75.6 Å². The number of hydrogen-bond acceptors (Lipinski definition) is 7. The molecule has 5 rings (SSSR count). The van der Waals surface area contributed by atoms with Crippen molar-refractivity contribution in [1.29, 1.82) is 0 Å². The average molecular weight is 626 g/mol. The minimum atomic E-state index is -4.71. The van der Waals surface area contributed by atoms with Gasteiger partial charge in [0, 0.05) is 54.4 Å². The van der Waals surface area contributed by atoms with Crippen LogP contribution in [0.1, 0.15) is 57.1 Å². The van der Waals surface area contributed by atoms with Crippen molar-refractivity contribution in [3.05, 3.63) is 77.4 Å². The molecular weight excluding hydrogens is 594 g/mol. The Morgan fingerprint density at radius 1 is 1.04 bits per heavy atom. The predicted molar refractivity (Wildman–Crippen MR) is 157 cm³/mol. The third kappa shape index (κ3) is 6.52. The lowest BCUT2D eigenvalue weighted by atomic mass is 9.98. The maximum Gasteiger partial charge on any atom is 0.435 e. The van der Waals surface area contributed by atoms with E-state index in [1.807, 2.05) is 0 Å². The summed E-state index contributed by atoms with van der Waals surface area (Å²) in [6.45, 7) is 8.94. The van der Waals surface area contributed by atoms with Gasteiger partial charge in [0.2, 0.25) is 0 Å². The maximum absolute atomic E-state index is 15.3. The molecule has 0 radical (unpaired) electrons. The van der Waals surface area contributed by atoms with E-state index in [4.69, 9.17) is 9.47 Å². The number of carbonyl (C=O) groups excluding carboxylic acids is 2. The van der Waals surface area contributed by atoms with Crippen LogP contribution in [-0.4, -0.2) is 50.6 Å². The van der Waals surface area contributed by atoms with Crippen molar-refractivity contribution in [2.75, 3.05) is 18.1 Å². The molecule has 0 saturated carbocycles. The highest BCUT2D eigenvalue weighted by Gasteiger charge is 2.36. The van der Waals surface area contributed by atoms with E-state index in [1.165, 1.54) is 41.8 Å². The van der Waals surface area contributed by atoms with Crippen LogP contribution in [0.3, 0.4) is 0 Å². The molecule has 0 atom stereocenters. The van der Waals surface area contributed by atoms with E-state index in [1.54, 1.807) is 40.7 Å². The van der Waals surface area contributed by atoms with E-state index in [2.05, 4.69) is 15.1 Å². The lowest BCUT2D eigenvalue weighted by Crippen LogP contribution is -2.37. The van der Waals surface area contributed by atoms with Crippen LogP contribution in [0.15, 0.2) is 49.1 Å². The summed E-state index contributed by atoms with van der Waals surface area (Å²) in [5.41, 5.74) is 1.58. The molecule has 1 amide bonds. The Morgan fingerprint density at radius 3 is 2.44 bits per heavy atom. The second kappa shape index (κ2) is 11.9. The van der Waals surface area contributed by atoms with Gasteiger partial charge in [0.25, 0.3) is 0 Å². The zero-order valence-corrected chi connectivity index (χ0v) is 25.3. The minimum Gasteiger partial charge on any atom is -0.466 e. The number of nitrogens with zero attached hydrogens (tertiary/aromatic N) is 5. The highest BCUT2D eigenvalue weighted by Crippen LogP contribution is 2.47. The zero-order valence-electron chi connectivity index (χ0n) is 25.3. The van der Waals surface area contributed by atoms with E-state index < -0.39 is 35.4 Å². The number of benzene rings is 1. The molecule has 0 saturated heterocycles. The molecule has 1 aliphatic rings. The van der Waals surface area contributed by atoms with E-state index in [9.17, 15) is 22.8 Å². The van der Waals surface area contributed by atoms with Crippen molar-refractivity contribution in [2.24, 2.45) is 0 Å². The smallest absolute Gasteiger partial charge is 0.435 e. The molecular formula is C32H31F4N5O4. The number of pyridine rings is 2. The van der Waals surface area contributed by atoms with Gasteiger partial charge in [-0.1, -0.05) is 0 Å². The van der Waals surface area contributed by atoms with Crippen molar-refractivity contribution in [3.8, 4) is 27.9 Å². The molecule has 3 aromatic heterocycles. The Bertz CT molecular complexity index is 1780. The van der Waals surface area contributed by atoms with Crippen LogP contribution in [0.25, 0.3) is 27.9 Å². The molecule has 0 aliphatic heterocycles. The first kappa shape index (κ1) is 31.6. The molecule has 13 heteroatoms. The minimum absolute atomic E-state index is 0.0721. The number of anilines is 1. The lowest BCUT2D eigenvalue weighted by Gasteiger charge is -2.28. The van der Waals surface area contributed by atoms with Gasteiger partial charge in [-0.25, -0.2) is 13.9 Å². The van der Waals surface area contributed by atoms with Gasteiger partial charge in [0.15, 0.2) is 5.69 Å². The summed E-state index contributed by atoms with van der Waals surface area (Å²) in [7, 11) is 0. The number of carbonyl (C=O) groups is 2. The van der Waals surface area contributed by atoms with Crippen molar-refractivity contribution >= 4 is 17.7 Å². The van der Waals surface area contributed by atoms with E-state index in [0.717, 1.165) is 10.7 Å². The largest absolute Gasteiger partial charge is 0.466 e. The van der Waals surface area contributed by atoms with Gasteiger partial charge in [0.05, 0.1) is 30.1 Å². The summed E-state index contributed by atoms with van der Waals surface area (Å²) in [5, 5.41) is 3.84. The van der Waals surface area contributed by atoms with Gasteiger partial charge in [-0.15, -0.1) is 0 Å². The standard InChI is InChI=1S/C32H31F4N5O4/c1-6-40(30(43)45-31(3,4)5)25-13-20(33)12-22-21(25)14-24-28(22)29(41-9-8-26(39-41)32(34,35)36)23(17-38-24)19-10-18(15-37-16-19)11-27(42)44-7-2/h8-10,12-13,15-17H,6-7,11,14H2,1-5H3. The SMILES string of the molecule is CCOC(=O)Cc1cncc(-c2cnc3c(c2-n2ccc(C(F)(F)F)n2)-c2cc(F)cc(N(CC)C(=O)OC(C)(C)C)c2C3)c1. The number of alkyl halides is 3. The second-order valence-electron chi connectivity index (χ2n) is 11.4. The van der Waals surface area contributed by atoms with Crippen molar-refractivity contribution in [1.82, 2.24) is 19.7 Å². The fourth-order valence-electron chi connectivity index (χ4n) is 5.27. The Morgan fingerprint density at radius 2 is 1.80 bits per heavy atom. The van der Waals surface area contributed by atoms with Crippen LogP contribution in [-0.2, 0) is 33.3 Å². The van der Waals surface area contributed by atoms with Crippen LogP contribution in [0, 0.1) is 5.82 Å². The maximum atomic E-state index is 15.3. The predicted octanol–water partition coefficient (Wildman–Crippen LogP) is 6.93. The van der Waals surface area contributed by atoms with Crippen LogP contribution < -0.4 is 4.90 Å². The molecule has 3 heterocycles. The first-order chi connectivity index (χ1) is 21.2. The fraction of sp³-hybridized carbons (Fsp3) is 0.344. The molecule has 0 unspecified atom stereocenters. The van der Waals surface area contributed by atoms with E-state index in [-0.39, 0.29) is 37.4 Å². The highest BCUT2D eigenvalue weighted by molar-refractivity contribution is 5.96. The van der Waals surface area contributed by atoms with E-state index in [0.29, 0.717) is 39.1 Å². The summed E-state index contributed by atoms with van der Waals surface area (Å²) in [5.74, 6) is -1.13. The zero-order chi connectivity index (χ0) is 32.7. The van der Waals surface area contributed by atoms with Crippen LogP contribution in [0.5, 0.6) is 0 Å². The van der Waals surface area contributed by atoms with Crippen molar-refractivity contribution in [3.63, 3.8) is 0 Å². The Balaban J connectivity index is 1.72. The van der Waals surface area contributed by atoms with Crippen molar-refractivity contribution in [2.45, 2.75) is 59.2 Å². The molecule has 45 heavy (non-hydrogen) atoms. The topological polar surface area (TPSA) is 99.4 Å². The Kier molecular flexibility index (Phi) is 8.39. The van der Waals surface area contributed by atoms with Crippen LogP contribution >= 0.6 is 0 Å². The fourth-order valence-corrected chi connectivity index (χ4v) is 5.27. The third-order valence-corrected chi connectivity index (χ3v) is 7.02. The van der Waals surface area contributed by atoms with E-state index >= 15 is 4.39 Å². The lowest BCUT2D eigenvalue weighted by molar-refractivity contribution is -0.142. The number of rotatable bonds is 7. The first-order valence-corrected chi connectivity index (χ1v) is 14.3. The van der Waals surface area contributed by atoms with Crippen LogP contribution in [0.4, 0.5) is 28.0 Å². The number of ether oxygens (including phenoxy) is 2. The molecule has 0 bridgehead atoms. The number of hydrogen-bond donors (Lipinski definition) is 0. The molecule has 0 spiro atoms. The summed E-state index contributed by atoms with van der Waals surface area (Å²) < 4.78 is 68.1. The summed E-state index contributed by atoms with van der Waals surface area (Å²) in [6.07, 6.45) is 0.353. The molecule has 9 nitrogen and oxygen atoms in total. The highest BCUT2D eigenvalue weighted by atomic mass is 19.4. The molecule has 236 valence electrons. The molecule has 4 aromatic rings. The second-order valence-corrected chi connectivity index (χ2v) is 11.4. The number of halogens is 4. The molecule has 1 aromatic carbocycles. The summed E-state index contributed by atoms with van der Waals surface area (Å²) in [4.78, 5) is 35.5. The molecule has 1 aliphatic carbocycles. The van der Waals surface area contributed by atoms with Gasteiger partial charge in [0.1, 0.15) is 11.4 Å². The van der Waals surface area contributed by atoms with Crippen LogP contribution in [0.2, 0.25) is 0 Å². The quantitative estimate of drug-likeness (QED) is 0.143. The Hall–Kier alpha value is -4.81. The normalized spacial score (nSPS) is 12.5. The average Bonchev–Trinajstić information content (AvgIpc) is 3.58. The number of amides is 1. The summed E-state index contributed by atoms with van der Waals surface area (Å²) in [6, 6.07) is 5.02. The first-order valence-electron chi connectivity index (χ1n) is 14.3. The molecule has 0 fully saturated rings. The third-order valence-electron chi connectivity index (χ3n) is 7.02. The van der Waals surface area contributed by atoms with Gasteiger partial charge in [-0.3, -0.25) is 19.7 Å². The number of aromatic nitrogens is 4. The summed E-state index contributed by atoms with van der Waals surface area (Å²) >= 11 is 0. The van der Waals surface area contributed by atoms with Gasteiger partial charge < -0.3 is 9.47 Å². The van der Waals surface area contributed by atoms with Gasteiger partial charge in [-0.2, -0.15) is 18.3 Å². The van der Waals surface area contributed by atoms with Crippen molar-refractivity contribution < 1.29 is 36.6 Å². The molecule has 0 N–H and O–H groups in total. The Labute approximate surface area is 256 Å². The number of fused-ring (bicyclic) bond motifs is 3. The monoisotopic (exact) mass is 625 g/mol.